The number of fused-ring (bicyclic) bond motifs is 2. The van der Waals surface area contributed by atoms with Crippen LogP contribution in [0.15, 0.2) is 57.4 Å². The Morgan fingerprint density at radius 3 is 2.04 bits per heavy atom. The Balaban J connectivity index is 0.00000583. The number of benzene rings is 3. The minimum Gasteiger partial charge on any atom is -0.716 e. The maximum atomic E-state index is 13.2. The summed E-state index contributed by atoms with van der Waals surface area (Å²) in [6, 6.07) is 12.9. The van der Waals surface area contributed by atoms with E-state index < -0.39 is 28.1 Å². The van der Waals surface area contributed by atoms with E-state index in [9.17, 15) is 22.6 Å². The first kappa shape index (κ1) is 39.4. The Morgan fingerprint density at radius 2 is 1.39 bits per heavy atom. The number of esters is 2. The maximum Gasteiger partial charge on any atom is 1.00 e. The number of aryl methyl sites for hydroxylation is 1. The Labute approximate surface area is 316 Å². The van der Waals surface area contributed by atoms with Gasteiger partial charge in [0.25, 0.3) is 10.4 Å². The van der Waals surface area contributed by atoms with Gasteiger partial charge in [0.2, 0.25) is 0 Å². The van der Waals surface area contributed by atoms with Crippen LogP contribution in [0.2, 0.25) is 0 Å². The van der Waals surface area contributed by atoms with Crippen LogP contribution < -0.4 is 52.7 Å². The van der Waals surface area contributed by atoms with Crippen molar-refractivity contribution in [3.05, 3.63) is 76.7 Å². The zero-order chi connectivity index (χ0) is 36.2. The van der Waals surface area contributed by atoms with Crippen LogP contribution in [0.25, 0.3) is 21.9 Å². The maximum absolute atomic E-state index is 13.2. The molecule has 0 aliphatic heterocycles. The monoisotopic (exact) mass is 734 g/mol. The second kappa shape index (κ2) is 16.7. The van der Waals surface area contributed by atoms with Crippen LogP contribution in [-0.4, -0.2) is 51.3 Å². The minimum absolute atomic E-state index is 0. The molecule has 3 aromatic carbocycles. The van der Waals surface area contributed by atoms with E-state index >= 15 is 0 Å². The number of furan rings is 2. The number of hydrogen-bond acceptors (Lipinski definition) is 14. The first-order valence-corrected chi connectivity index (χ1v) is 16.9. The van der Waals surface area contributed by atoms with Gasteiger partial charge in [0.15, 0.2) is 28.8 Å². The van der Waals surface area contributed by atoms with E-state index in [-0.39, 0.29) is 107 Å². The quantitative estimate of drug-likeness (QED) is 0.0658. The van der Waals surface area contributed by atoms with Crippen molar-refractivity contribution in [1.82, 2.24) is 0 Å². The number of hydrogen-bond donors (Lipinski definition) is 0. The molecule has 0 aliphatic carbocycles. The summed E-state index contributed by atoms with van der Waals surface area (Å²) in [6.45, 7) is 8.67. The van der Waals surface area contributed by atoms with Crippen molar-refractivity contribution >= 4 is 44.3 Å². The fourth-order valence-electron chi connectivity index (χ4n) is 5.21. The summed E-state index contributed by atoms with van der Waals surface area (Å²) in [5.74, 6) is -0.607. The number of rotatable bonds is 15. The van der Waals surface area contributed by atoms with Gasteiger partial charge in [-0.25, -0.2) is 18.0 Å². The van der Waals surface area contributed by atoms with Crippen molar-refractivity contribution in [2.45, 2.75) is 53.9 Å². The zero-order valence-corrected chi connectivity index (χ0v) is 32.0. The standard InChI is InChI=1S/C35H36O14S.Na/c1-7-42-34(36)32-20(5)47-25-16-29(44-17-21-10-9-11-22(12-21)46-19(3)4)28(13-23(25)32)45-18-31-33(35(37)43-8-2)24-14-30(49-50(38,39)40)27(41-6)15-26(24)48-31;/h9-16,19H,7-8,17-18H2,1-6H3,(H,38,39,40);/q;+1/p-1. The molecule has 5 rings (SSSR count). The van der Waals surface area contributed by atoms with Gasteiger partial charge < -0.3 is 46.0 Å². The summed E-state index contributed by atoms with van der Waals surface area (Å²) in [6.07, 6.45) is -0.0259. The number of methoxy groups -OCH3 is 1. The predicted octanol–water partition coefficient (Wildman–Crippen LogP) is 3.64. The Hall–Kier alpha value is -4.41. The third-order valence-electron chi connectivity index (χ3n) is 7.15. The van der Waals surface area contributed by atoms with Crippen LogP contribution in [0.4, 0.5) is 0 Å². The van der Waals surface area contributed by atoms with E-state index in [1.807, 2.05) is 38.1 Å². The Morgan fingerprint density at radius 1 is 0.804 bits per heavy atom. The van der Waals surface area contributed by atoms with E-state index in [4.69, 9.17) is 37.3 Å². The van der Waals surface area contributed by atoms with Crippen LogP contribution in [0.3, 0.4) is 0 Å². The molecular formula is C35H35NaO14S. The number of carbonyl (C=O) groups is 2. The molecule has 14 nitrogen and oxygen atoms in total. The Kier molecular flexibility index (Phi) is 12.9. The predicted molar refractivity (Wildman–Crippen MR) is 177 cm³/mol. The molecule has 2 heterocycles. The fourth-order valence-corrected chi connectivity index (χ4v) is 5.56. The molecule has 0 atom stereocenters. The number of ether oxygens (including phenoxy) is 6. The molecule has 5 aromatic rings. The van der Waals surface area contributed by atoms with Gasteiger partial charge in [-0.2, -0.15) is 0 Å². The molecule has 0 radical (unpaired) electrons. The van der Waals surface area contributed by atoms with Gasteiger partial charge in [-0.3, -0.25) is 0 Å². The average molecular weight is 735 g/mol. The van der Waals surface area contributed by atoms with E-state index in [1.165, 1.54) is 13.2 Å². The van der Waals surface area contributed by atoms with Gasteiger partial charge in [-0.1, -0.05) is 12.1 Å². The van der Waals surface area contributed by atoms with Crippen LogP contribution in [0.5, 0.6) is 28.7 Å². The largest absolute Gasteiger partial charge is 1.00 e. The molecule has 0 unspecified atom stereocenters. The van der Waals surface area contributed by atoms with Crippen molar-refractivity contribution in [1.29, 1.82) is 0 Å². The van der Waals surface area contributed by atoms with Gasteiger partial charge in [0.05, 0.1) is 26.4 Å². The van der Waals surface area contributed by atoms with Crippen molar-refractivity contribution < 1.29 is 93.6 Å². The molecule has 0 amide bonds. The van der Waals surface area contributed by atoms with E-state index in [2.05, 4.69) is 4.18 Å². The smallest absolute Gasteiger partial charge is 0.716 e. The van der Waals surface area contributed by atoms with Gasteiger partial charge in [0.1, 0.15) is 47.0 Å². The SMILES string of the molecule is CCOC(=O)c1c(C)oc2cc(OCc3cccc(OC(C)C)c3)c(OCc3oc4cc(OC)c(OS(=O)(=O)[O-])cc4c3C(=O)OCC)cc12.[Na+]. The molecule has 0 aliphatic rings. The minimum atomic E-state index is -5.19. The molecule has 0 saturated carbocycles. The van der Waals surface area contributed by atoms with Crippen LogP contribution in [-0.2, 0) is 33.1 Å². The van der Waals surface area contributed by atoms with Crippen LogP contribution >= 0.6 is 0 Å². The third-order valence-corrected chi connectivity index (χ3v) is 7.54. The normalized spacial score (nSPS) is 11.3. The molecule has 51 heavy (non-hydrogen) atoms. The summed E-state index contributed by atoms with van der Waals surface area (Å²) in [4.78, 5) is 26.1. The van der Waals surface area contributed by atoms with Gasteiger partial charge in [-0.15, -0.1) is 0 Å². The molecule has 0 spiro atoms. The summed E-state index contributed by atoms with van der Waals surface area (Å²) in [5, 5.41) is 0.475. The molecule has 0 N–H and O–H groups in total. The molecular weight excluding hydrogens is 699 g/mol. The van der Waals surface area contributed by atoms with Gasteiger partial charge >= 0.3 is 41.5 Å². The van der Waals surface area contributed by atoms with E-state index in [0.717, 1.165) is 11.6 Å². The van der Waals surface area contributed by atoms with Crippen molar-refractivity contribution in [3.8, 4) is 28.7 Å². The summed E-state index contributed by atoms with van der Waals surface area (Å²) in [5.41, 5.74) is 1.33. The molecule has 0 bridgehead atoms. The molecule has 0 fully saturated rings. The summed E-state index contributed by atoms with van der Waals surface area (Å²) >= 11 is 0. The topological polar surface area (TPSA) is 182 Å². The molecule has 266 valence electrons. The molecule has 0 saturated heterocycles. The average Bonchev–Trinajstić information content (AvgIpc) is 3.56. The van der Waals surface area contributed by atoms with Crippen molar-refractivity contribution in [2.24, 2.45) is 0 Å². The van der Waals surface area contributed by atoms with Crippen molar-refractivity contribution in [2.75, 3.05) is 20.3 Å². The zero-order valence-electron chi connectivity index (χ0n) is 29.1. The van der Waals surface area contributed by atoms with Crippen molar-refractivity contribution in [3.63, 3.8) is 0 Å². The Bertz CT molecular complexity index is 2150. The van der Waals surface area contributed by atoms with Crippen LogP contribution in [0.1, 0.15) is 65.5 Å². The van der Waals surface area contributed by atoms with Crippen LogP contribution in [0, 0.1) is 6.92 Å². The fraction of sp³-hybridized carbons (Fsp3) is 0.314. The first-order valence-electron chi connectivity index (χ1n) is 15.5. The second-order valence-corrected chi connectivity index (χ2v) is 12.0. The second-order valence-electron chi connectivity index (χ2n) is 11.1. The summed E-state index contributed by atoms with van der Waals surface area (Å²) < 4.78 is 84.5. The van der Waals surface area contributed by atoms with Gasteiger partial charge in [-0.05, 0) is 64.4 Å². The van der Waals surface area contributed by atoms with E-state index in [1.54, 1.807) is 32.9 Å². The first-order chi connectivity index (χ1) is 23.8. The molecule has 2 aromatic heterocycles. The number of carbonyl (C=O) groups excluding carboxylic acids is 2. The van der Waals surface area contributed by atoms with E-state index in [0.29, 0.717) is 22.5 Å². The molecule has 16 heteroatoms. The van der Waals surface area contributed by atoms with Gasteiger partial charge in [0, 0.05) is 22.9 Å². The summed E-state index contributed by atoms with van der Waals surface area (Å²) in [7, 11) is -3.96. The third kappa shape index (κ3) is 9.28.